The number of piperidine rings is 1. The largest absolute Gasteiger partial charge is 0.318 e. The molecule has 2 N–H and O–H groups in total. The van der Waals surface area contributed by atoms with Crippen molar-refractivity contribution in [3.63, 3.8) is 0 Å². The lowest BCUT2D eigenvalue weighted by molar-refractivity contribution is 0.433. The molecule has 0 amide bonds. The smallest absolute Gasteiger partial charge is 0.104 e. The minimum Gasteiger partial charge on any atom is -0.318 e. The van der Waals surface area contributed by atoms with E-state index in [-0.39, 0.29) is 5.92 Å². The van der Waals surface area contributed by atoms with Crippen molar-refractivity contribution in [1.82, 2.24) is 9.88 Å². The van der Waals surface area contributed by atoms with Gasteiger partial charge in [0.05, 0.1) is 10.7 Å². The number of aryl methyl sites for hydroxylation is 2. The summed E-state index contributed by atoms with van der Waals surface area (Å²) in [6.07, 6.45) is 1.76. The average molecular weight is 278 g/mol. The number of nitrogens with one attached hydrogen (secondary N) is 2. The Morgan fingerprint density at radius 3 is 2.63 bits per heavy atom. The Morgan fingerprint density at radius 2 is 2.11 bits per heavy atom. The molecule has 2 rings (SSSR count). The standard InChI is InChI=1S/C14H22N4S/c1-8(2)14(16)18-7-11(5-6-12(18)15)13-9(3)17-10(4)19-13/h8,11,15-16H,5-7H2,1-4H3. The SMILES string of the molecule is Cc1nc(C)c(C2CCC(=N)N(C(=N)C(C)C)C2)s1. The van der Waals surface area contributed by atoms with Gasteiger partial charge in [-0.2, -0.15) is 0 Å². The second-order valence-electron chi connectivity index (χ2n) is 5.52. The zero-order chi connectivity index (χ0) is 14.2. The van der Waals surface area contributed by atoms with Crippen LogP contribution in [-0.4, -0.2) is 28.1 Å². The number of nitrogens with zero attached hydrogens (tertiary/aromatic N) is 2. The molecule has 0 aliphatic carbocycles. The number of hydrogen-bond donors (Lipinski definition) is 2. The zero-order valence-corrected chi connectivity index (χ0v) is 12.9. The Hall–Kier alpha value is -1.23. The van der Waals surface area contributed by atoms with E-state index in [0.29, 0.717) is 17.6 Å². The predicted molar refractivity (Wildman–Crippen MR) is 80.6 cm³/mol. The minimum atomic E-state index is 0.170. The first-order valence-electron chi connectivity index (χ1n) is 6.77. The molecule has 1 atom stereocenters. The molecule has 1 fully saturated rings. The first-order chi connectivity index (χ1) is 8.90. The molecule has 2 heterocycles. The van der Waals surface area contributed by atoms with E-state index in [0.717, 1.165) is 30.1 Å². The third kappa shape index (κ3) is 2.86. The lowest BCUT2D eigenvalue weighted by atomic mass is 9.94. The Morgan fingerprint density at radius 1 is 1.42 bits per heavy atom. The van der Waals surface area contributed by atoms with Crippen molar-refractivity contribution in [2.75, 3.05) is 6.54 Å². The zero-order valence-electron chi connectivity index (χ0n) is 12.1. The molecular formula is C14H22N4S. The summed E-state index contributed by atoms with van der Waals surface area (Å²) in [6, 6.07) is 0. The van der Waals surface area contributed by atoms with E-state index in [1.165, 1.54) is 4.88 Å². The van der Waals surface area contributed by atoms with Crippen LogP contribution in [0.5, 0.6) is 0 Å². The monoisotopic (exact) mass is 278 g/mol. The summed E-state index contributed by atoms with van der Waals surface area (Å²) in [4.78, 5) is 7.72. The maximum Gasteiger partial charge on any atom is 0.104 e. The van der Waals surface area contributed by atoms with Crippen molar-refractivity contribution in [2.45, 2.75) is 46.5 Å². The second-order valence-corrected chi connectivity index (χ2v) is 6.75. The molecule has 1 aromatic heterocycles. The van der Waals surface area contributed by atoms with Crippen LogP contribution in [0.4, 0.5) is 0 Å². The van der Waals surface area contributed by atoms with Crippen molar-refractivity contribution in [2.24, 2.45) is 5.92 Å². The molecule has 4 nitrogen and oxygen atoms in total. The average Bonchev–Trinajstić information content (AvgIpc) is 2.68. The normalized spacial score (nSPS) is 20.2. The van der Waals surface area contributed by atoms with Crippen LogP contribution in [0.25, 0.3) is 0 Å². The fraction of sp³-hybridized carbons (Fsp3) is 0.643. The third-order valence-electron chi connectivity index (χ3n) is 3.61. The van der Waals surface area contributed by atoms with E-state index in [9.17, 15) is 0 Å². The highest BCUT2D eigenvalue weighted by molar-refractivity contribution is 7.11. The molecule has 0 spiro atoms. The van der Waals surface area contributed by atoms with Crippen LogP contribution in [0.15, 0.2) is 0 Å². The summed E-state index contributed by atoms with van der Waals surface area (Å²) in [7, 11) is 0. The molecule has 0 saturated carbocycles. The van der Waals surface area contributed by atoms with Gasteiger partial charge in [0.25, 0.3) is 0 Å². The van der Waals surface area contributed by atoms with E-state index in [2.05, 4.69) is 11.9 Å². The first kappa shape index (κ1) is 14.2. The molecule has 1 unspecified atom stereocenters. The molecule has 1 aliphatic rings. The highest BCUT2D eigenvalue weighted by Crippen LogP contribution is 2.34. The van der Waals surface area contributed by atoms with Crippen LogP contribution in [0.2, 0.25) is 0 Å². The summed E-state index contributed by atoms with van der Waals surface area (Å²) in [5, 5.41) is 17.3. The highest BCUT2D eigenvalue weighted by Gasteiger charge is 2.29. The van der Waals surface area contributed by atoms with Gasteiger partial charge < -0.3 is 4.90 Å². The van der Waals surface area contributed by atoms with Crippen LogP contribution in [0.3, 0.4) is 0 Å². The number of likely N-dealkylation sites (tertiary alicyclic amines) is 1. The molecular weight excluding hydrogens is 256 g/mol. The Labute approximate surface area is 118 Å². The van der Waals surface area contributed by atoms with Crippen molar-refractivity contribution in [3.05, 3.63) is 15.6 Å². The summed E-state index contributed by atoms with van der Waals surface area (Å²) in [5.74, 6) is 1.74. The van der Waals surface area contributed by atoms with E-state index >= 15 is 0 Å². The van der Waals surface area contributed by atoms with Gasteiger partial charge in [-0.15, -0.1) is 11.3 Å². The van der Waals surface area contributed by atoms with Crippen LogP contribution in [-0.2, 0) is 0 Å². The fourth-order valence-electron chi connectivity index (χ4n) is 2.56. The van der Waals surface area contributed by atoms with Gasteiger partial charge in [-0.1, -0.05) is 13.8 Å². The second kappa shape index (κ2) is 5.41. The van der Waals surface area contributed by atoms with Crippen molar-refractivity contribution in [1.29, 1.82) is 10.8 Å². The van der Waals surface area contributed by atoms with Gasteiger partial charge in [-0.3, -0.25) is 10.8 Å². The Balaban J connectivity index is 2.20. The van der Waals surface area contributed by atoms with Gasteiger partial charge in [-0.25, -0.2) is 4.98 Å². The van der Waals surface area contributed by atoms with Gasteiger partial charge in [0.1, 0.15) is 11.7 Å². The molecule has 0 aromatic carbocycles. The van der Waals surface area contributed by atoms with Gasteiger partial charge in [0, 0.05) is 29.7 Å². The highest BCUT2D eigenvalue weighted by atomic mass is 32.1. The van der Waals surface area contributed by atoms with Gasteiger partial charge in [-0.05, 0) is 20.3 Å². The van der Waals surface area contributed by atoms with Crippen LogP contribution < -0.4 is 0 Å². The van der Waals surface area contributed by atoms with Crippen molar-refractivity contribution in [3.8, 4) is 0 Å². The molecule has 104 valence electrons. The number of aromatic nitrogens is 1. The van der Waals surface area contributed by atoms with Crippen LogP contribution in [0, 0.1) is 30.6 Å². The number of hydrogen-bond acceptors (Lipinski definition) is 4. The maximum absolute atomic E-state index is 8.15. The number of rotatable bonds is 2. The third-order valence-corrected chi connectivity index (χ3v) is 4.84. The first-order valence-corrected chi connectivity index (χ1v) is 7.59. The molecule has 5 heteroatoms. The van der Waals surface area contributed by atoms with Crippen molar-refractivity contribution >= 4 is 23.0 Å². The molecule has 0 radical (unpaired) electrons. The molecule has 1 saturated heterocycles. The van der Waals surface area contributed by atoms with E-state index in [1.807, 2.05) is 25.7 Å². The van der Waals surface area contributed by atoms with Gasteiger partial charge in [0.15, 0.2) is 0 Å². The van der Waals surface area contributed by atoms with Gasteiger partial charge >= 0.3 is 0 Å². The number of amidine groups is 2. The molecule has 1 aliphatic heterocycles. The lowest BCUT2D eigenvalue weighted by Crippen LogP contribution is -2.44. The summed E-state index contributed by atoms with van der Waals surface area (Å²) in [5.41, 5.74) is 1.12. The Bertz CT molecular complexity index is 504. The van der Waals surface area contributed by atoms with E-state index in [4.69, 9.17) is 10.8 Å². The lowest BCUT2D eigenvalue weighted by Gasteiger charge is -2.35. The number of thiazole rings is 1. The van der Waals surface area contributed by atoms with E-state index < -0.39 is 0 Å². The summed E-state index contributed by atoms with van der Waals surface area (Å²) in [6.45, 7) is 8.90. The Kier molecular flexibility index (Phi) is 4.04. The van der Waals surface area contributed by atoms with Crippen LogP contribution in [0.1, 0.15) is 48.2 Å². The fourth-order valence-corrected chi connectivity index (χ4v) is 3.62. The topological polar surface area (TPSA) is 63.8 Å². The van der Waals surface area contributed by atoms with E-state index in [1.54, 1.807) is 11.3 Å². The van der Waals surface area contributed by atoms with Crippen molar-refractivity contribution < 1.29 is 0 Å². The van der Waals surface area contributed by atoms with Crippen LogP contribution >= 0.6 is 11.3 Å². The predicted octanol–water partition coefficient (Wildman–Crippen LogP) is 3.55. The molecule has 1 aromatic rings. The summed E-state index contributed by atoms with van der Waals surface area (Å²) < 4.78 is 0. The maximum atomic E-state index is 8.15. The molecule has 19 heavy (non-hydrogen) atoms. The summed E-state index contributed by atoms with van der Waals surface area (Å²) >= 11 is 1.77. The van der Waals surface area contributed by atoms with Gasteiger partial charge in [0.2, 0.25) is 0 Å². The quantitative estimate of drug-likeness (QED) is 0.642. The molecule has 0 bridgehead atoms. The minimum absolute atomic E-state index is 0.170.